The first kappa shape index (κ1) is 22.7. The van der Waals surface area contributed by atoms with E-state index in [0.717, 1.165) is 12.8 Å². The first-order chi connectivity index (χ1) is 14.8. The first-order valence-electron chi connectivity index (χ1n) is 9.54. The van der Waals surface area contributed by atoms with Crippen LogP contribution in [-0.2, 0) is 14.3 Å². The van der Waals surface area contributed by atoms with Crippen molar-refractivity contribution >= 4 is 46.7 Å². The number of aromatic hydroxyl groups is 1. The van der Waals surface area contributed by atoms with E-state index < -0.39 is 17.8 Å². The molecule has 0 saturated heterocycles. The van der Waals surface area contributed by atoms with Crippen LogP contribution in [0, 0.1) is 5.92 Å². The highest BCUT2D eigenvalue weighted by Crippen LogP contribution is 2.39. The standard InChI is InChI=1S/C21H20Cl2N2O6/c1-2-30-21(29)20(28)25-12-7-15(22)18(16(23)8-12)31-13-5-6-17(26)14(9-13)19(27)24-10-11-3-4-11/h5-9,11,26H,2-4,10H2,1H3,(H,24,27)(H,25,28). The molecular weight excluding hydrogens is 447 g/mol. The summed E-state index contributed by atoms with van der Waals surface area (Å²) in [6.45, 7) is 2.20. The molecule has 10 heteroatoms. The molecule has 164 valence electrons. The molecule has 0 aliphatic heterocycles. The number of hydrogen-bond donors (Lipinski definition) is 3. The Kier molecular flexibility index (Phi) is 7.25. The van der Waals surface area contributed by atoms with Crippen LogP contribution in [0.5, 0.6) is 17.2 Å². The molecule has 3 rings (SSSR count). The Hall–Kier alpha value is -2.97. The van der Waals surface area contributed by atoms with Crippen LogP contribution in [0.2, 0.25) is 10.0 Å². The van der Waals surface area contributed by atoms with Gasteiger partial charge in [-0.1, -0.05) is 23.2 Å². The van der Waals surface area contributed by atoms with Gasteiger partial charge in [0.05, 0.1) is 22.2 Å². The molecule has 0 heterocycles. The van der Waals surface area contributed by atoms with Gasteiger partial charge < -0.3 is 25.2 Å². The minimum atomic E-state index is -1.04. The van der Waals surface area contributed by atoms with Crippen LogP contribution < -0.4 is 15.4 Å². The monoisotopic (exact) mass is 466 g/mol. The van der Waals surface area contributed by atoms with Crippen molar-refractivity contribution in [3.8, 4) is 17.2 Å². The molecule has 2 aromatic carbocycles. The summed E-state index contributed by atoms with van der Waals surface area (Å²) < 4.78 is 10.3. The van der Waals surface area contributed by atoms with Crippen molar-refractivity contribution in [3.63, 3.8) is 0 Å². The molecule has 1 aliphatic rings. The number of phenolic OH excluding ortho intramolecular Hbond substituents is 1. The third kappa shape index (κ3) is 6.02. The topological polar surface area (TPSA) is 114 Å². The Morgan fingerprint density at radius 1 is 1.13 bits per heavy atom. The van der Waals surface area contributed by atoms with Crippen molar-refractivity contribution < 1.29 is 29.0 Å². The number of anilines is 1. The number of halogens is 2. The number of amides is 2. The van der Waals surface area contributed by atoms with Crippen LogP contribution in [-0.4, -0.2) is 36.0 Å². The van der Waals surface area contributed by atoms with Crippen LogP contribution in [0.15, 0.2) is 30.3 Å². The minimum Gasteiger partial charge on any atom is -0.507 e. The zero-order valence-corrected chi connectivity index (χ0v) is 18.0. The lowest BCUT2D eigenvalue weighted by Crippen LogP contribution is -2.25. The molecule has 0 unspecified atom stereocenters. The van der Waals surface area contributed by atoms with Gasteiger partial charge in [-0.3, -0.25) is 9.59 Å². The lowest BCUT2D eigenvalue weighted by molar-refractivity contribution is -0.152. The van der Waals surface area contributed by atoms with Crippen LogP contribution in [0.25, 0.3) is 0 Å². The van der Waals surface area contributed by atoms with Gasteiger partial charge in [0.1, 0.15) is 11.5 Å². The summed E-state index contributed by atoms with van der Waals surface area (Å²) in [5.74, 6) is -1.81. The van der Waals surface area contributed by atoms with E-state index in [1.54, 1.807) is 6.92 Å². The zero-order valence-electron chi connectivity index (χ0n) is 16.5. The van der Waals surface area contributed by atoms with Gasteiger partial charge in [-0.05, 0) is 56.0 Å². The first-order valence-corrected chi connectivity index (χ1v) is 10.3. The summed E-state index contributed by atoms with van der Waals surface area (Å²) in [6, 6.07) is 6.86. The molecule has 2 aromatic rings. The number of carbonyl (C=O) groups excluding carboxylic acids is 3. The van der Waals surface area contributed by atoms with E-state index in [0.29, 0.717) is 12.5 Å². The van der Waals surface area contributed by atoms with Crippen LogP contribution in [0.1, 0.15) is 30.1 Å². The highest BCUT2D eigenvalue weighted by Gasteiger charge is 2.23. The van der Waals surface area contributed by atoms with E-state index in [9.17, 15) is 19.5 Å². The van der Waals surface area contributed by atoms with Crippen molar-refractivity contribution in [2.24, 2.45) is 5.92 Å². The Morgan fingerprint density at radius 3 is 2.42 bits per heavy atom. The van der Waals surface area contributed by atoms with Gasteiger partial charge in [0.15, 0.2) is 5.75 Å². The Morgan fingerprint density at radius 2 is 1.81 bits per heavy atom. The quantitative estimate of drug-likeness (QED) is 0.417. The van der Waals surface area contributed by atoms with Crippen molar-refractivity contribution in [2.45, 2.75) is 19.8 Å². The molecule has 3 N–H and O–H groups in total. The lowest BCUT2D eigenvalue weighted by Gasteiger charge is -2.13. The molecule has 0 radical (unpaired) electrons. The normalized spacial score (nSPS) is 12.7. The summed E-state index contributed by atoms with van der Waals surface area (Å²) in [4.78, 5) is 35.5. The SMILES string of the molecule is CCOC(=O)C(=O)Nc1cc(Cl)c(Oc2ccc(O)c(C(=O)NCC3CC3)c2)c(Cl)c1. The van der Waals surface area contributed by atoms with Crippen molar-refractivity contribution in [1.82, 2.24) is 5.32 Å². The van der Waals surface area contributed by atoms with Gasteiger partial charge in [0, 0.05) is 12.2 Å². The second-order valence-electron chi connectivity index (χ2n) is 6.88. The summed E-state index contributed by atoms with van der Waals surface area (Å²) in [5.41, 5.74) is 0.231. The molecule has 8 nitrogen and oxygen atoms in total. The highest BCUT2D eigenvalue weighted by molar-refractivity contribution is 6.39. The number of nitrogens with one attached hydrogen (secondary N) is 2. The van der Waals surface area contributed by atoms with Gasteiger partial charge >= 0.3 is 11.9 Å². The van der Waals surface area contributed by atoms with E-state index in [4.69, 9.17) is 27.9 Å². The second kappa shape index (κ2) is 9.89. The van der Waals surface area contributed by atoms with Crippen molar-refractivity contribution in [3.05, 3.63) is 45.9 Å². The molecule has 2 amide bonds. The van der Waals surface area contributed by atoms with Crippen LogP contribution >= 0.6 is 23.2 Å². The number of benzene rings is 2. The lowest BCUT2D eigenvalue weighted by atomic mass is 10.1. The minimum absolute atomic E-state index is 0.0551. The predicted molar refractivity (Wildman–Crippen MR) is 115 cm³/mol. The zero-order chi connectivity index (χ0) is 22.5. The maximum atomic E-state index is 12.3. The van der Waals surface area contributed by atoms with Gasteiger partial charge in [-0.25, -0.2) is 4.79 Å². The average Bonchev–Trinajstić information content (AvgIpc) is 3.54. The predicted octanol–water partition coefficient (Wildman–Crippen LogP) is 4.13. The molecule has 1 saturated carbocycles. The Bertz CT molecular complexity index is 1000. The van der Waals surface area contributed by atoms with E-state index in [1.165, 1.54) is 30.3 Å². The number of ether oxygens (including phenoxy) is 2. The summed E-state index contributed by atoms with van der Waals surface area (Å²) in [5, 5.41) is 15.2. The second-order valence-corrected chi connectivity index (χ2v) is 7.69. The summed E-state index contributed by atoms with van der Waals surface area (Å²) in [6.07, 6.45) is 2.17. The fourth-order valence-electron chi connectivity index (χ4n) is 2.64. The van der Waals surface area contributed by atoms with Gasteiger partial charge in [0.2, 0.25) is 0 Å². The Balaban J connectivity index is 1.74. The smallest absolute Gasteiger partial charge is 0.397 e. The third-order valence-electron chi connectivity index (χ3n) is 4.40. The fourth-order valence-corrected chi connectivity index (χ4v) is 3.21. The molecule has 0 bridgehead atoms. The maximum absolute atomic E-state index is 12.3. The number of carbonyl (C=O) groups is 3. The molecule has 1 fully saturated rings. The molecule has 31 heavy (non-hydrogen) atoms. The van der Waals surface area contributed by atoms with E-state index >= 15 is 0 Å². The van der Waals surface area contributed by atoms with Crippen LogP contribution in [0.4, 0.5) is 5.69 Å². The maximum Gasteiger partial charge on any atom is 0.397 e. The van der Waals surface area contributed by atoms with Crippen molar-refractivity contribution in [2.75, 3.05) is 18.5 Å². The largest absolute Gasteiger partial charge is 0.507 e. The number of hydrogen-bond acceptors (Lipinski definition) is 6. The molecule has 0 aromatic heterocycles. The van der Waals surface area contributed by atoms with E-state index in [1.807, 2.05) is 0 Å². The molecule has 0 spiro atoms. The molecule has 0 atom stereocenters. The number of phenols is 1. The molecular formula is C21H20Cl2N2O6. The highest BCUT2D eigenvalue weighted by atomic mass is 35.5. The summed E-state index contributed by atoms with van der Waals surface area (Å²) >= 11 is 12.5. The molecule has 1 aliphatic carbocycles. The van der Waals surface area contributed by atoms with Crippen LogP contribution in [0.3, 0.4) is 0 Å². The van der Waals surface area contributed by atoms with Crippen molar-refractivity contribution in [1.29, 1.82) is 0 Å². The van der Waals surface area contributed by atoms with Gasteiger partial charge in [0.25, 0.3) is 5.91 Å². The van der Waals surface area contributed by atoms with E-state index in [2.05, 4.69) is 15.4 Å². The van der Waals surface area contributed by atoms with Gasteiger partial charge in [-0.2, -0.15) is 0 Å². The number of esters is 1. The van der Waals surface area contributed by atoms with E-state index in [-0.39, 0.29) is 45.2 Å². The number of rotatable bonds is 7. The Labute approximate surface area is 188 Å². The third-order valence-corrected chi connectivity index (χ3v) is 4.96. The van der Waals surface area contributed by atoms with Gasteiger partial charge in [-0.15, -0.1) is 0 Å². The fraction of sp³-hybridized carbons (Fsp3) is 0.286. The average molecular weight is 467 g/mol. The summed E-state index contributed by atoms with van der Waals surface area (Å²) in [7, 11) is 0.